The Morgan fingerprint density at radius 1 is 1.25 bits per heavy atom. The third-order valence-corrected chi connectivity index (χ3v) is 3.87. The van der Waals surface area contributed by atoms with E-state index < -0.39 is 0 Å². The largest absolute Gasteiger partial charge is 0.312 e. The minimum atomic E-state index is 0.212. The van der Waals surface area contributed by atoms with Gasteiger partial charge in [-0.2, -0.15) is 0 Å². The van der Waals surface area contributed by atoms with Crippen LogP contribution in [0.3, 0.4) is 0 Å². The number of nitrogens with zero attached hydrogens (tertiary/aromatic N) is 4. The minimum Gasteiger partial charge on any atom is -0.312 e. The molecule has 0 N–H and O–H groups in total. The van der Waals surface area contributed by atoms with E-state index in [2.05, 4.69) is 22.1 Å². The van der Waals surface area contributed by atoms with Crippen molar-refractivity contribution in [1.29, 1.82) is 0 Å². The van der Waals surface area contributed by atoms with E-state index >= 15 is 0 Å². The summed E-state index contributed by atoms with van der Waals surface area (Å²) in [6, 6.07) is 6.17. The van der Waals surface area contributed by atoms with Crippen LogP contribution >= 0.6 is 0 Å². The lowest BCUT2D eigenvalue weighted by atomic mass is 10.1. The molecule has 4 rings (SSSR count). The molecule has 3 heterocycles. The molecular weight excluding hydrogens is 252 g/mol. The van der Waals surface area contributed by atoms with E-state index in [-0.39, 0.29) is 5.91 Å². The lowest BCUT2D eigenvalue weighted by Gasteiger charge is -2.17. The number of aromatic nitrogens is 2. The predicted molar refractivity (Wildman–Crippen MR) is 75.9 cm³/mol. The molecule has 2 aliphatic heterocycles. The number of carbonyl (C=O) groups excluding carboxylic acids is 1. The molecule has 0 radical (unpaired) electrons. The molecule has 0 atom stereocenters. The van der Waals surface area contributed by atoms with Crippen molar-refractivity contribution in [1.82, 2.24) is 9.55 Å². The fourth-order valence-electron chi connectivity index (χ4n) is 2.85. The highest BCUT2D eigenvalue weighted by Gasteiger charge is 2.24. The Balaban J connectivity index is 1.76. The van der Waals surface area contributed by atoms with Gasteiger partial charge in [-0.15, -0.1) is 0 Å². The number of aliphatic imine (C=N–C) groups is 1. The van der Waals surface area contributed by atoms with Gasteiger partial charge in [-0.3, -0.25) is 14.4 Å². The number of amides is 1. The Bertz CT molecular complexity index is 703. The third kappa shape index (κ3) is 1.66. The number of benzene rings is 1. The van der Waals surface area contributed by atoms with Gasteiger partial charge in [-0.05, 0) is 24.1 Å². The highest BCUT2D eigenvalue weighted by Crippen LogP contribution is 2.28. The standard InChI is InChI=1S/C15H14N4O/c20-14-2-1-6-19(14)12-4-3-11-9-17-15(13(11)8-12)18-7-5-16-10-18/h3-5,7-8,10H,1-2,6,9H2. The quantitative estimate of drug-likeness (QED) is 0.790. The van der Waals surface area contributed by atoms with Crippen LogP contribution in [0.25, 0.3) is 0 Å². The molecule has 1 saturated heterocycles. The van der Waals surface area contributed by atoms with Crippen molar-refractivity contribution >= 4 is 17.4 Å². The molecule has 0 bridgehead atoms. The SMILES string of the molecule is O=C1CCCN1c1ccc2c(c1)C(n1ccnc1)=NC2. The normalized spacial score (nSPS) is 17.5. The predicted octanol–water partition coefficient (Wildman–Crippen LogP) is 1.82. The first kappa shape index (κ1) is 11.4. The summed E-state index contributed by atoms with van der Waals surface area (Å²) in [5.74, 6) is 1.12. The molecule has 0 saturated carbocycles. The van der Waals surface area contributed by atoms with Crippen molar-refractivity contribution < 1.29 is 4.79 Å². The molecule has 100 valence electrons. The van der Waals surface area contributed by atoms with Gasteiger partial charge >= 0.3 is 0 Å². The van der Waals surface area contributed by atoms with E-state index in [1.54, 1.807) is 12.5 Å². The molecule has 1 aromatic carbocycles. The monoisotopic (exact) mass is 266 g/mol. The van der Waals surface area contributed by atoms with E-state index in [0.717, 1.165) is 30.1 Å². The van der Waals surface area contributed by atoms with Gasteiger partial charge in [0.25, 0.3) is 0 Å². The molecule has 1 fully saturated rings. The highest BCUT2D eigenvalue weighted by molar-refractivity contribution is 6.05. The summed E-state index contributed by atoms with van der Waals surface area (Å²) in [5, 5.41) is 0. The Morgan fingerprint density at radius 3 is 2.95 bits per heavy atom. The second kappa shape index (κ2) is 4.30. The molecule has 0 unspecified atom stereocenters. The van der Waals surface area contributed by atoms with Gasteiger partial charge in [-0.25, -0.2) is 4.98 Å². The van der Waals surface area contributed by atoms with Crippen molar-refractivity contribution in [3.05, 3.63) is 48.0 Å². The van der Waals surface area contributed by atoms with Crippen molar-refractivity contribution in [2.75, 3.05) is 11.4 Å². The average molecular weight is 266 g/mol. The third-order valence-electron chi connectivity index (χ3n) is 3.87. The van der Waals surface area contributed by atoms with E-state index in [1.165, 1.54) is 5.56 Å². The summed E-state index contributed by atoms with van der Waals surface area (Å²) >= 11 is 0. The Labute approximate surface area is 116 Å². The summed E-state index contributed by atoms with van der Waals surface area (Å²) in [6.07, 6.45) is 6.98. The van der Waals surface area contributed by atoms with Gasteiger partial charge in [0.1, 0.15) is 12.2 Å². The van der Waals surface area contributed by atoms with Crippen molar-refractivity contribution in [2.45, 2.75) is 19.4 Å². The maximum Gasteiger partial charge on any atom is 0.227 e. The lowest BCUT2D eigenvalue weighted by Crippen LogP contribution is -2.24. The van der Waals surface area contributed by atoms with Gasteiger partial charge in [0.05, 0.1) is 6.54 Å². The zero-order chi connectivity index (χ0) is 13.5. The van der Waals surface area contributed by atoms with E-state index in [9.17, 15) is 4.79 Å². The van der Waals surface area contributed by atoms with Crippen molar-refractivity contribution in [3.63, 3.8) is 0 Å². The molecular formula is C15H14N4O. The van der Waals surface area contributed by atoms with Crippen LogP contribution in [0, 0.1) is 0 Å². The molecule has 2 aromatic rings. The van der Waals surface area contributed by atoms with Crippen LogP contribution in [0.15, 0.2) is 41.9 Å². The summed E-state index contributed by atoms with van der Waals surface area (Å²) in [4.78, 5) is 22.4. The van der Waals surface area contributed by atoms with Crippen LogP contribution in [0.4, 0.5) is 5.69 Å². The lowest BCUT2D eigenvalue weighted by molar-refractivity contribution is -0.117. The molecule has 1 amide bonds. The second-order valence-corrected chi connectivity index (χ2v) is 5.10. The smallest absolute Gasteiger partial charge is 0.227 e. The summed E-state index contributed by atoms with van der Waals surface area (Å²) < 4.78 is 1.92. The molecule has 1 aromatic heterocycles. The molecule has 2 aliphatic rings. The van der Waals surface area contributed by atoms with Gasteiger partial charge < -0.3 is 4.90 Å². The molecule has 0 aliphatic carbocycles. The number of carbonyl (C=O) groups is 1. The van der Waals surface area contributed by atoms with E-state index in [4.69, 9.17) is 0 Å². The number of fused-ring (bicyclic) bond motifs is 1. The van der Waals surface area contributed by atoms with Crippen LogP contribution in [-0.2, 0) is 11.3 Å². The topological polar surface area (TPSA) is 50.5 Å². The van der Waals surface area contributed by atoms with Crippen LogP contribution in [-0.4, -0.2) is 27.8 Å². The Kier molecular flexibility index (Phi) is 2.45. The van der Waals surface area contributed by atoms with Crippen LogP contribution in [0.5, 0.6) is 0 Å². The van der Waals surface area contributed by atoms with Gasteiger partial charge in [0, 0.05) is 36.6 Å². The maximum absolute atomic E-state index is 11.9. The summed E-state index contributed by atoms with van der Waals surface area (Å²) in [7, 11) is 0. The number of hydrogen-bond acceptors (Lipinski definition) is 3. The first-order valence-electron chi connectivity index (χ1n) is 6.79. The summed E-state index contributed by atoms with van der Waals surface area (Å²) in [5.41, 5.74) is 3.27. The van der Waals surface area contributed by atoms with Gasteiger partial charge in [0.15, 0.2) is 0 Å². The number of hydrogen-bond donors (Lipinski definition) is 0. The highest BCUT2D eigenvalue weighted by atomic mass is 16.2. The maximum atomic E-state index is 11.9. The molecule has 5 nitrogen and oxygen atoms in total. The average Bonchev–Trinajstić information content (AvgIpc) is 3.17. The first-order valence-corrected chi connectivity index (χ1v) is 6.79. The van der Waals surface area contributed by atoms with Crippen LogP contribution < -0.4 is 4.90 Å². The second-order valence-electron chi connectivity index (χ2n) is 5.10. The first-order chi connectivity index (χ1) is 9.83. The number of rotatable bonds is 1. The minimum absolute atomic E-state index is 0.212. The van der Waals surface area contributed by atoms with Crippen molar-refractivity contribution in [3.8, 4) is 0 Å². The van der Waals surface area contributed by atoms with Crippen LogP contribution in [0.2, 0.25) is 0 Å². The van der Waals surface area contributed by atoms with E-state index in [0.29, 0.717) is 13.0 Å². The Hall–Kier alpha value is -2.43. The van der Waals surface area contributed by atoms with E-state index in [1.807, 2.05) is 21.7 Å². The summed E-state index contributed by atoms with van der Waals surface area (Å²) in [6.45, 7) is 1.51. The number of imidazole rings is 1. The molecule has 0 spiro atoms. The van der Waals surface area contributed by atoms with Crippen molar-refractivity contribution in [2.24, 2.45) is 4.99 Å². The fourth-order valence-corrected chi connectivity index (χ4v) is 2.85. The zero-order valence-electron chi connectivity index (χ0n) is 11.0. The number of anilines is 1. The van der Waals surface area contributed by atoms with Gasteiger partial charge in [0.2, 0.25) is 5.91 Å². The Morgan fingerprint density at radius 2 is 2.20 bits per heavy atom. The van der Waals surface area contributed by atoms with Gasteiger partial charge in [-0.1, -0.05) is 6.07 Å². The zero-order valence-corrected chi connectivity index (χ0v) is 11.0. The fraction of sp³-hybridized carbons (Fsp3) is 0.267. The molecule has 20 heavy (non-hydrogen) atoms. The molecule has 5 heteroatoms. The van der Waals surface area contributed by atoms with Crippen LogP contribution in [0.1, 0.15) is 24.0 Å².